The molecule has 0 spiro atoms. The van der Waals surface area contributed by atoms with Gasteiger partial charge in [-0.15, -0.1) is 0 Å². The number of carbonyl (C=O) groups excluding carboxylic acids is 2. The molecule has 4 rings (SSSR count). The Hall–Kier alpha value is -2.48. The van der Waals surface area contributed by atoms with E-state index in [0.717, 1.165) is 5.69 Å². The molecule has 1 saturated heterocycles. The third-order valence-corrected chi connectivity index (χ3v) is 5.56. The van der Waals surface area contributed by atoms with Crippen molar-refractivity contribution in [1.82, 2.24) is 4.90 Å². The summed E-state index contributed by atoms with van der Waals surface area (Å²) in [6, 6.07) is 12.2. The molecule has 30 heavy (non-hydrogen) atoms. The van der Waals surface area contributed by atoms with E-state index in [1.807, 2.05) is 23.1 Å². The minimum absolute atomic E-state index is 0.0378. The normalized spacial score (nSPS) is 18.4. The minimum atomic E-state index is -0.694. The van der Waals surface area contributed by atoms with Crippen LogP contribution in [-0.2, 0) is 14.3 Å². The zero-order valence-electron chi connectivity index (χ0n) is 16.1. The largest absolute Gasteiger partial charge is 0.477 e. The van der Waals surface area contributed by atoms with E-state index in [-0.39, 0.29) is 24.9 Å². The quantitative estimate of drug-likeness (QED) is 0.776. The number of anilines is 2. The third kappa shape index (κ3) is 4.64. The van der Waals surface area contributed by atoms with Gasteiger partial charge < -0.3 is 24.6 Å². The first-order chi connectivity index (χ1) is 14.5. The molecule has 2 aromatic rings. The Kier molecular flexibility index (Phi) is 6.32. The molecule has 2 aliphatic heterocycles. The molecule has 0 radical (unpaired) electrons. The lowest BCUT2D eigenvalue weighted by atomic mass is 10.1. The zero-order chi connectivity index (χ0) is 21.1. The van der Waals surface area contributed by atoms with Crippen molar-refractivity contribution >= 4 is 46.4 Å². The Morgan fingerprint density at radius 1 is 1.10 bits per heavy atom. The fraction of sp³-hybridized carbons (Fsp3) is 0.333. The van der Waals surface area contributed by atoms with Gasteiger partial charge in [0.1, 0.15) is 5.75 Å². The molecular weight excluding hydrogens is 429 g/mol. The number of amides is 2. The first-order valence-corrected chi connectivity index (χ1v) is 10.4. The van der Waals surface area contributed by atoms with Crippen LogP contribution in [0.5, 0.6) is 5.75 Å². The molecule has 1 fully saturated rings. The van der Waals surface area contributed by atoms with Crippen molar-refractivity contribution < 1.29 is 19.1 Å². The zero-order valence-corrected chi connectivity index (χ0v) is 17.7. The van der Waals surface area contributed by atoms with Crippen molar-refractivity contribution in [2.45, 2.75) is 6.10 Å². The van der Waals surface area contributed by atoms with Gasteiger partial charge in [0.2, 0.25) is 5.91 Å². The number of para-hydroxylation sites is 2. The van der Waals surface area contributed by atoms with E-state index in [9.17, 15) is 9.59 Å². The second-order valence-electron chi connectivity index (χ2n) is 7.06. The summed E-state index contributed by atoms with van der Waals surface area (Å²) in [5.41, 5.74) is 1.20. The lowest BCUT2D eigenvalue weighted by Gasteiger charge is -2.38. The van der Waals surface area contributed by atoms with Gasteiger partial charge in [-0.3, -0.25) is 9.59 Å². The predicted octanol–water partition coefficient (Wildman–Crippen LogP) is 3.06. The molecule has 1 N–H and O–H groups in total. The van der Waals surface area contributed by atoms with Crippen molar-refractivity contribution in [2.24, 2.45) is 0 Å². The molecule has 0 aromatic heterocycles. The van der Waals surface area contributed by atoms with E-state index in [4.69, 9.17) is 32.7 Å². The Balaban J connectivity index is 1.50. The number of benzene rings is 2. The Bertz CT molecular complexity index is 950. The van der Waals surface area contributed by atoms with Gasteiger partial charge in [0, 0.05) is 18.1 Å². The molecule has 1 unspecified atom stereocenters. The predicted molar refractivity (Wildman–Crippen MR) is 116 cm³/mol. The van der Waals surface area contributed by atoms with Crippen LogP contribution >= 0.6 is 23.2 Å². The van der Waals surface area contributed by atoms with Crippen molar-refractivity contribution in [3.63, 3.8) is 0 Å². The topological polar surface area (TPSA) is 71.1 Å². The maximum absolute atomic E-state index is 13.0. The molecule has 0 bridgehead atoms. The SMILES string of the molecule is O=C(CN1CC(C(=O)N2CCOCC2)Oc2ccccc21)Nc1cc(Cl)ccc1Cl. The van der Waals surface area contributed by atoms with E-state index in [0.29, 0.717) is 47.8 Å². The van der Waals surface area contributed by atoms with Crippen LogP contribution in [0.25, 0.3) is 0 Å². The smallest absolute Gasteiger partial charge is 0.265 e. The number of ether oxygens (including phenoxy) is 2. The minimum Gasteiger partial charge on any atom is -0.477 e. The second-order valence-corrected chi connectivity index (χ2v) is 7.91. The van der Waals surface area contributed by atoms with Crippen LogP contribution in [0.1, 0.15) is 0 Å². The van der Waals surface area contributed by atoms with Gasteiger partial charge in [0.25, 0.3) is 5.91 Å². The van der Waals surface area contributed by atoms with Gasteiger partial charge in [0.05, 0.1) is 42.7 Å². The number of halogens is 2. The van der Waals surface area contributed by atoms with Crippen molar-refractivity contribution in [3.05, 3.63) is 52.5 Å². The molecule has 2 amide bonds. The molecule has 158 valence electrons. The molecule has 9 heteroatoms. The summed E-state index contributed by atoms with van der Waals surface area (Å²) in [7, 11) is 0. The van der Waals surface area contributed by atoms with Gasteiger partial charge in [-0.25, -0.2) is 0 Å². The number of nitrogens with zero attached hydrogens (tertiary/aromatic N) is 2. The van der Waals surface area contributed by atoms with E-state index in [1.54, 1.807) is 29.2 Å². The maximum atomic E-state index is 13.0. The van der Waals surface area contributed by atoms with Gasteiger partial charge in [-0.2, -0.15) is 0 Å². The van der Waals surface area contributed by atoms with Crippen LogP contribution in [0.3, 0.4) is 0 Å². The Morgan fingerprint density at radius 3 is 2.67 bits per heavy atom. The van der Waals surface area contributed by atoms with Gasteiger partial charge in [-0.05, 0) is 30.3 Å². The van der Waals surface area contributed by atoms with Crippen molar-refractivity contribution in [1.29, 1.82) is 0 Å². The highest BCUT2D eigenvalue weighted by atomic mass is 35.5. The Morgan fingerprint density at radius 2 is 1.87 bits per heavy atom. The van der Waals surface area contributed by atoms with E-state index in [1.165, 1.54) is 0 Å². The second kappa shape index (κ2) is 9.12. The molecule has 0 saturated carbocycles. The number of nitrogens with one attached hydrogen (secondary N) is 1. The molecule has 1 atom stereocenters. The summed E-state index contributed by atoms with van der Waals surface area (Å²) >= 11 is 12.1. The fourth-order valence-electron chi connectivity index (χ4n) is 3.53. The van der Waals surface area contributed by atoms with Crippen LogP contribution in [0, 0.1) is 0 Å². The number of morpholine rings is 1. The van der Waals surface area contributed by atoms with E-state index in [2.05, 4.69) is 5.32 Å². The average molecular weight is 450 g/mol. The lowest BCUT2D eigenvalue weighted by Crippen LogP contribution is -2.53. The summed E-state index contributed by atoms with van der Waals surface area (Å²) in [6.45, 7) is 2.41. The molecule has 0 aliphatic carbocycles. The average Bonchev–Trinajstić information content (AvgIpc) is 2.76. The monoisotopic (exact) mass is 449 g/mol. The van der Waals surface area contributed by atoms with Crippen LogP contribution in [0.2, 0.25) is 10.0 Å². The summed E-state index contributed by atoms with van der Waals surface area (Å²) in [5.74, 6) is 0.202. The molecule has 7 nitrogen and oxygen atoms in total. The first kappa shape index (κ1) is 20.8. The third-order valence-electron chi connectivity index (χ3n) is 5.00. The lowest BCUT2D eigenvalue weighted by molar-refractivity contribution is -0.142. The first-order valence-electron chi connectivity index (χ1n) is 9.63. The highest BCUT2D eigenvalue weighted by Gasteiger charge is 2.34. The van der Waals surface area contributed by atoms with Crippen LogP contribution in [0.4, 0.5) is 11.4 Å². The van der Waals surface area contributed by atoms with Crippen LogP contribution in [-0.4, -0.2) is 62.2 Å². The summed E-state index contributed by atoms with van der Waals surface area (Å²) in [6.07, 6.45) is -0.694. The molecule has 2 heterocycles. The van der Waals surface area contributed by atoms with Gasteiger partial charge in [-0.1, -0.05) is 35.3 Å². The molecular formula is C21H21Cl2N3O4. The molecule has 2 aromatic carbocycles. The van der Waals surface area contributed by atoms with E-state index < -0.39 is 6.10 Å². The summed E-state index contributed by atoms with van der Waals surface area (Å²) in [4.78, 5) is 29.3. The molecule has 2 aliphatic rings. The van der Waals surface area contributed by atoms with Crippen LogP contribution < -0.4 is 15.0 Å². The highest BCUT2D eigenvalue weighted by molar-refractivity contribution is 6.35. The highest BCUT2D eigenvalue weighted by Crippen LogP contribution is 2.33. The fourth-order valence-corrected chi connectivity index (χ4v) is 3.87. The van der Waals surface area contributed by atoms with Gasteiger partial charge in [0.15, 0.2) is 6.10 Å². The number of hydrogen-bond acceptors (Lipinski definition) is 5. The standard InChI is InChI=1S/C21H21Cl2N3O4/c22-14-5-6-15(23)16(11-14)24-20(27)13-26-12-19(21(28)25-7-9-29-10-8-25)30-18-4-2-1-3-17(18)26/h1-6,11,19H,7-10,12-13H2,(H,24,27). The number of hydrogen-bond donors (Lipinski definition) is 1. The van der Waals surface area contributed by atoms with Crippen molar-refractivity contribution in [3.8, 4) is 5.75 Å². The van der Waals surface area contributed by atoms with Crippen LogP contribution in [0.15, 0.2) is 42.5 Å². The van der Waals surface area contributed by atoms with Crippen molar-refractivity contribution in [2.75, 3.05) is 49.6 Å². The maximum Gasteiger partial charge on any atom is 0.265 e. The summed E-state index contributed by atoms with van der Waals surface area (Å²) < 4.78 is 11.3. The number of fused-ring (bicyclic) bond motifs is 1. The summed E-state index contributed by atoms with van der Waals surface area (Å²) in [5, 5.41) is 3.66. The number of carbonyl (C=O) groups is 2. The Labute approximate surface area is 184 Å². The number of rotatable bonds is 4. The van der Waals surface area contributed by atoms with Gasteiger partial charge >= 0.3 is 0 Å². The van der Waals surface area contributed by atoms with E-state index >= 15 is 0 Å².